The van der Waals surface area contributed by atoms with Gasteiger partial charge in [0.05, 0.1) is 18.4 Å². The molecule has 0 saturated heterocycles. The van der Waals surface area contributed by atoms with Crippen LogP contribution in [0.5, 0.6) is 11.5 Å². The van der Waals surface area contributed by atoms with Crippen LogP contribution in [0.25, 0.3) is 0 Å². The van der Waals surface area contributed by atoms with Gasteiger partial charge in [0.15, 0.2) is 0 Å². The second kappa shape index (κ2) is 4.68. The predicted octanol–water partition coefficient (Wildman–Crippen LogP) is 1.68. The molecular weight excluding hydrogens is 184 g/mol. The zero-order valence-corrected chi connectivity index (χ0v) is 8.14. The first-order valence-electron chi connectivity index (χ1n) is 3.74. The van der Waals surface area contributed by atoms with Gasteiger partial charge >= 0.3 is 0 Å². The molecule has 1 aromatic carbocycles. The number of thiol groups is 1. The number of phenolic OH excluding ortho intramolecular Hbond substituents is 1. The fourth-order valence-corrected chi connectivity index (χ4v) is 1.01. The Kier molecular flexibility index (Phi) is 3.53. The minimum atomic E-state index is 0.185. The summed E-state index contributed by atoms with van der Waals surface area (Å²) in [5.74, 6) is 6.96. The minimum absolute atomic E-state index is 0.185. The summed E-state index contributed by atoms with van der Waals surface area (Å²) in [4.78, 5) is 0. The molecule has 0 radical (unpaired) electrons. The Hall–Kier alpha value is -1.27. The molecule has 1 aromatic rings. The number of benzene rings is 1. The van der Waals surface area contributed by atoms with Gasteiger partial charge in [0, 0.05) is 0 Å². The fraction of sp³-hybridized carbons (Fsp3) is 0.200. The molecule has 13 heavy (non-hydrogen) atoms. The van der Waals surface area contributed by atoms with Crippen LogP contribution in [-0.4, -0.2) is 18.0 Å². The van der Waals surface area contributed by atoms with Gasteiger partial charge in [-0.05, 0) is 18.2 Å². The Morgan fingerprint density at radius 2 is 2.31 bits per heavy atom. The van der Waals surface area contributed by atoms with E-state index in [1.807, 2.05) is 0 Å². The molecule has 0 heterocycles. The molecule has 0 aromatic heterocycles. The van der Waals surface area contributed by atoms with Gasteiger partial charge in [-0.1, -0.05) is 11.8 Å². The van der Waals surface area contributed by atoms with Gasteiger partial charge < -0.3 is 9.84 Å². The Labute approximate surface area is 83.0 Å². The van der Waals surface area contributed by atoms with Gasteiger partial charge in [0.25, 0.3) is 0 Å². The lowest BCUT2D eigenvalue weighted by Gasteiger charge is -2.02. The van der Waals surface area contributed by atoms with Gasteiger partial charge in [-0.15, -0.1) is 0 Å². The average Bonchev–Trinajstić information content (AvgIpc) is 2.15. The van der Waals surface area contributed by atoms with Crippen LogP contribution in [-0.2, 0) is 0 Å². The van der Waals surface area contributed by atoms with Crippen LogP contribution in [0.2, 0.25) is 0 Å². The van der Waals surface area contributed by atoms with Crippen LogP contribution >= 0.6 is 12.6 Å². The van der Waals surface area contributed by atoms with E-state index in [2.05, 4.69) is 24.5 Å². The zero-order valence-electron chi connectivity index (χ0n) is 7.24. The number of hydrogen-bond donors (Lipinski definition) is 2. The van der Waals surface area contributed by atoms with E-state index in [0.717, 1.165) is 0 Å². The third-order valence-electron chi connectivity index (χ3n) is 1.49. The summed E-state index contributed by atoms with van der Waals surface area (Å²) >= 11 is 3.96. The molecular formula is C10H10O2S. The highest BCUT2D eigenvalue weighted by atomic mass is 32.1. The van der Waals surface area contributed by atoms with Crippen molar-refractivity contribution >= 4 is 12.6 Å². The second-order valence-electron chi connectivity index (χ2n) is 2.34. The molecule has 0 unspecified atom stereocenters. The van der Waals surface area contributed by atoms with Crippen molar-refractivity contribution in [1.82, 2.24) is 0 Å². The summed E-state index contributed by atoms with van der Waals surface area (Å²) in [6.45, 7) is 0. The van der Waals surface area contributed by atoms with Gasteiger partial charge in [-0.25, -0.2) is 0 Å². The van der Waals surface area contributed by atoms with E-state index in [1.165, 1.54) is 0 Å². The number of hydrogen-bond acceptors (Lipinski definition) is 3. The van der Waals surface area contributed by atoms with Crippen LogP contribution in [0.3, 0.4) is 0 Å². The highest BCUT2D eigenvalue weighted by Gasteiger charge is 1.99. The van der Waals surface area contributed by atoms with E-state index in [-0.39, 0.29) is 5.75 Å². The van der Waals surface area contributed by atoms with Crippen molar-refractivity contribution in [2.24, 2.45) is 0 Å². The first-order chi connectivity index (χ1) is 6.27. The van der Waals surface area contributed by atoms with E-state index in [4.69, 9.17) is 4.74 Å². The lowest BCUT2D eigenvalue weighted by molar-refractivity contribution is 0.411. The molecule has 0 aliphatic carbocycles. The Balaban J connectivity index is 3.08. The van der Waals surface area contributed by atoms with E-state index in [9.17, 15) is 5.11 Å². The summed E-state index contributed by atoms with van der Waals surface area (Å²) in [6.07, 6.45) is 0. The number of methoxy groups -OCH3 is 1. The largest absolute Gasteiger partial charge is 0.508 e. The SMILES string of the molecule is COc1ccc(O)cc1C#CCS. The van der Waals surface area contributed by atoms with E-state index >= 15 is 0 Å². The summed E-state index contributed by atoms with van der Waals surface area (Å²) in [6, 6.07) is 4.80. The molecule has 0 saturated carbocycles. The number of ether oxygens (including phenoxy) is 1. The van der Waals surface area contributed by atoms with Crippen molar-refractivity contribution in [1.29, 1.82) is 0 Å². The quantitative estimate of drug-likeness (QED) is 0.526. The maximum Gasteiger partial charge on any atom is 0.134 e. The lowest BCUT2D eigenvalue weighted by Crippen LogP contribution is -1.86. The second-order valence-corrected chi connectivity index (χ2v) is 2.66. The highest BCUT2D eigenvalue weighted by molar-refractivity contribution is 7.80. The van der Waals surface area contributed by atoms with Crippen LogP contribution in [0, 0.1) is 11.8 Å². The maximum atomic E-state index is 9.19. The third kappa shape index (κ3) is 2.60. The molecule has 0 aliphatic rings. The van der Waals surface area contributed by atoms with Crippen molar-refractivity contribution in [3.05, 3.63) is 23.8 Å². The molecule has 0 bridgehead atoms. The Morgan fingerprint density at radius 1 is 1.54 bits per heavy atom. The summed E-state index contributed by atoms with van der Waals surface area (Å²) < 4.78 is 5.06. The zero-order chi connectivity index (χ0) is 9.68. The summed E-state index contributed by atoms with van der Waals surface area (Å²) in [7, 11) is 1.57. The normalized spacial score (nSPS) is 8.77. The molecule has 1 rings (SSSR count). The van der Waals surface area contributed by atoms with Crippen molar-refractivity contribution in [3.8, 4) is 23.3 Å². The van der Waals surface area contributed by atoms with Gasteiger partial charge in [0.2, 0.25) is 0 Å². The van der Waals surface area contributed by atoms with Gasteiger partial charge in [0.1, 0.15) is 11.5 Å². The third-order valence-corrected chi connectivity index (χ3v) is 1.64. The number of rotatable bonds is 1. The molecule has 0 amide bonds. The van der Waals surface area contributed by atoms with Crippen LogP contribution in [0.1, 0.15) is 5.56 Å². The molecule has 1 N–H and O–H groups in total. The number of aromatic hydroxyl groups is 1. The molecule has 3 heteroatoms. The van der Waals surface area contributed by atoms with Crippen molar-refractivity contribution in [3.63, 3.8) is 0 Å². The minimum Gasteiger partial charge on any atom is -0.508 e. The van der Waals surface area contributed by atoms with Crippen LogP contribution in [0.15, 0.2) is 18.2 Å². The first-order valence-corrected chi connectivity index (χ1v) is 4.38. The van der Waals surface area contributed by atoms with Crippen molar-refractivity contribution in [2.75, 3.05) is 12.9 Å². The van der Waals surface area contributed by atoms with E-state index < -0.39 is 0 Å². The fourth-order valence-electron chi connectivity index (χ4n) is 0.928. The van der Waals surface area contributed by atoms with Crippen molar-refractivity contribution < 1.29 is 9.84 Å². The number of phenols is 1. The molecule has 0 fully saturated rings. The smallest absolute Gasteiger partial charge is 0.134 e. The molecule has 68 valence electrons. The molecule has 0 atom stereocenters. The van der Waals surface area contributed by atoms with Crippen LogP contribution in [0.4, 0.5) is 0 Å². The Morgan fingerprint density at radius 3 is 2.92 bits per heavy atom. The van der Waals surface area contributed by atoms with Gasteiger partial charge in [-0.2, -0.15) is 12.6 Å². The van der Waals surface area contributed by atoms with Crippen molar-refractivity contribution in [2.45, 2.75) is 0 Å². The average molecular weight is 194 g/mol. The predicted molar refractivity (Wildman–Crippen MR) is 55.4 cm³/mol. The van der Waals surface area contributed by atoms with E-state index in [0.29, 0.717) is 17.1 Å². The maximum absolute atomic E-state index is 9.19. The van der Waals surface area contributed by atoms with Gasteiger partial charge in [-0.3, -0.25) is 0 Å². The standard InChI is InChI=1S/C10H10O2S/c1-12-10-5-4-9(11)7-8(10)3-2-6-13/h4-5,7,11,13H,6H2,1H3. The summed E-state index contributed by atoms with van der Waals surface area (Å²) in [5, 5.41) is 9.19. The lowest BCUT2D eigenvalue weighted by atomic mass is 10.2. The molecule has 0 aliphatic heterocycles. The first kappa shape index (κ1) is 9.82. The van der Waals surface area contributed by atoms with E-state index in [1.54, 1.807) is 25.3 Å². The summed E-state index contributed by atoms with van der Waals surface area (Å²) in [5.41, 5.74) is 0.677. The topological polar surface area (TPSA) is 29.5 Å². The molecule has 2 nitrogen and oxygen atoms in total. The highest BCUT2D eigenvalue weighted by Crippen LogP contribution is 2.21. The monoisotopic (exact) mass is 194 g/mol. The Bertz CT molecular complexity index is 350. The van der Waals surface area contributed by atoms with Crippen LogP contribution < -0.4 is 4.74 Å². The molecule has 0 spiro atoms.